The average Bonchev–Trinajstić information content (AvgIpc) is 3.14. The van der Waals surface area contributed by atoms with Gasteiger partial charge in [0, 0.05) is 18.4 Å². The normalized spacial score (nSPS) is 46.3. The molecule has 0 spiro atoms. The Morgan fingerprint density at radius 3 is 2.46 bits per heavy atom. The summed E-state index contributed by atoms with van der Waals surface area (Å²) < 4.78 is 30.5. The maximum absolute atomic E-state index is 12.3. The van der Waals surface area contributed by atoms with Crippen molar-refractivity contribution >= 4 is 16.0 Å². The van der Waals surface area contributed by atoms with Crippen LogP contribution in [0.2, 0.25) is 0 Å². The molecule has 0 aliphatic heterocycles. The molecule has 35 heavy (non-hydrogen) atoms. The fourth-order valence-corrected chi connectivity index (χ4v) is 9.54. The van der Waals surface area contributed by atoms with Gasteiger partial charge in [-0.25, -0.2) is 0 Å². The first-order valence-electron chi connectivity index (χ1n) is 13.5. The molecule has 0 unspecified atom stereocenters. The summed E-state index contributed by atoms with van der Waals surface area (Å²) in [6, 6.07) is 0. The van der Waals surface area contributed by atoms with Gasteiger partial charge in [-0.1, -0.05) is 20.8 Å². The predicted octanol–water partition coefficient (Wildman–Crippen LogP) is 2.51. The number of hydrogen-bond acceptors (Lipinski definition) is 6. The number of aliphatic hydroxyl groups is 3. The second kappa shape index (κ2) is 9.53. The standard InChI is InChI=1S/C26H45NO7S/c1-16(4-7-23(30)27-12-13-35(32,33)34)19-5-6-20-25(19,3)22(29)15-21-24(2)10-9-18(28)14-17(24)8-11-26(20,21)31/h16-22,28-29,31H,4-15H2,1-3H3,(H,27,30)(H,32,33,34)/t16-,17+,18-,19+,20-,21+,22+,24+,25-,26+/m1/s1. The number of fused-ring (bicyclic) bond motifs is 5. The minimum atomic E-state index is -4.10. The van der Waals surface area contributed by atoms with E-state index in [0.717, 1.165) is 44.9 Å². The van der Waals surface area contributed by atoms with Crippen molar-refractivity contribution in [2.24, 2.45) is 40.4 Å². The lowest BCUT2D eigenvalue weighted by atomic mass is 9.42. The van der Waals surface area contributed by atoms with E-state index in [-0.39, 0.29) is 54.1 Å². The molecular formula is C26H45NO7S. The molecule has 0 aromatic rings. The summed E-state index contributed by atoms with van der Waals surface area (Å²) in [6.45, 7) is 6.44. The van der Waals surface area contributed by atoms with Crippen molar-refractivity contribution in [2.75, 3.05) is 12.3 Å². The molecule has 8 nitrogen and oxygen atoms in total. The van der Waals surface area contributed by atoms with Gasteiger partial charge in [-0.3, -0.25) is 9.35 Å². The van der Waals surface area contributed by atoms with Gasteiger partial charge in [0.2, 0.25) is 5.91 Å². The molecule has 9 heteroatoms. The molecule has 1 amide bonds. The number of hydrogen-bond donors (Lipinski definition) is 5. The molecule has 0 radical (unpaired) electrons. The molecule has 4 aliphatic carbocycles. The zero-order chi connectivity index (χ0) is 25.8. The first-order chi connectivity index (χ1) is 16.2. The Bertz CT molecular complexity index is 911. The zero-order valence-corrected chi connectivity index (χ0v) is 22.3. The van der Waals surface area contributed by atoms with Crippen LogP contribution in [-0.2, 0) is 14.9 Å². The van der Waals surface area contributed by atoms with Crippen molar-refractivity contribution in [3.63, 3.8) is 0 Å². The Morgan fingerprint density at radius 2 is 1.77 bits per heavy atom. The van der Waals surface area contributed by atoms with Crippen LogP contribution in [0.5, 0.6) is 0 Å². The molecule has 4 aliphatic rings. The van der Waals surface area contributed by atoms with Crippen LogP contribution in [0.4, 0.5) is 0 Å². The van der Waals surface area contributed by atoms with Gasteiger partial charge < -0.3 is 20.6 Å². The van der Waals surface area contributed by atoms with Crippen molar-refractivity contribution in [3.05, 3.63) is 0 Å². The van der Waals surface area contributed by atoms with E-state index in [4.69, 9.17) is 4.55 Å². The van der Waals surface area contributed by atoms with Crippen molar-refractivity contribution in [3.8, 4) is 0 Å². The van der Waals surface area contributed by atoms with Crippen LogP contribution in [0, 0.1) is 40.4 Å². The van der Waals surface area contributed by atoms with Gasteiger partial charge in [0.05, 0.1) is 23.6 Å². The van der Waals surface area contributed by atoms with Crippen molar-refractivity contribution < 1.29 is 33.1 Å². The van der Waals surface area contributed by atoms with Crippen LogP contribution in [0.3, 0.4) is 0 Å². The van der Waals surface area contributed by atoms with E-state index in [1.165, 1.54) is 0 Å². The summed E-state index contributed by atoms with van der Waals surface area (Å²) >= 11 is 0. The number of nitrogens with one attached hydrogen (secondary N) is 1. The monoisotopic (exact) mass is 515 g/mol. The SMILES string of the molecule is C[C@H](CCC(=O)NCCS(=O)(=O)O)[C@@H]1CC[C@H]2[C@@]3(O)CC[C@H]4C[C@H](O)CC[C@]4(C)[C@@H]3C[C@H](O)[C@]12C. The largest absolute Gasteiger partial charge is 0.393 e. The highest BCUT2D eigenvalue weighted by Gasteiger charge is 2.69. The summed E-state index contributed by atoms with van der Waals surface area (Å²) in [6.07, 6.45) is 6.61. The molecule has 0 aromatic carbocycles. The van der Waals surface area contributed by atoms with E-state index in [1.54, 1.807) is 0 Å². The third kappa shape index (κ3) is 4.80. The van der Waals surface area contributed by atoms with Gasteiger partial charge in [-0.15, -0.1) is 0 Å². The van der Waals surface area contributed by atoms with Gasteiger partial charge in [0.15, 0.2) is 0 Å². The first-order valence-corrected chi connectivity index (χ1v) is 15.1. The molecule has 4 saturated carbocycles. The minimum Gasteiger partial charge on any atom is -0.393 e. The summed E-state index contributed by atoms with van der Waals surface area (Å²) in [5, 5.41) is 36.7. The van der Waals surface area contributed by atoms with Gasteiger partial charge >= 0.3 is 0 Å². The van der Waals surface area contributed by atoms with Gasteiger partial charge in [0.1, 0.15) is 0 Å². The minimum absolute atomic E-state index is 0.0180. The third-order valence-electron chi connectivity index (χ3n) is 11.1. The van der Waals surface area contributed by atoms with Gasteiger partial charge in [-0.2, -0.15) is 8.42 Å². The fraction of sp³-hybridized carbons (Fsp3) is 0.962. The van der Waals surface area contributed by atoms with Gasteiger partial charge in [0.25, 0.3) is 10.1 Å². The smallest absolute Gasteiger partial charge is 0.266 e. The number of amides is 1. The number of carbonyl (C=O) groups is 1. The van der Waals surface area contributed by atoms with E-state index in [2.05, 4.69) is 26.1 Å². The molecule has 202 valence electrons. The molecule has 0 saturated heterocycles. The molecule has 4 rings (SSSR count). The highest BCUT2D eigenvalue weighted by atomic mass is 32.2. The predicted molar refractivity (Wildman–Crippen MR) is 132 cm³/mol. The molecule has 5 N–H and O–H groups in total. The highest BCUT2D eigenvalue weighted by molar-refractivity contribution is 7.85. The number of rotatable bonds is 7. The van der Waals surface area contributed by atoms with Crippen LogP contribution in [-0.4, -0.2) is 64.3 Å². The second-order valence-electron chi connectivity index (χ2n) is 12.7. The van der Waals surface area contributed by atoms with E-state index < -0.39 is 33.0 Å². The Hall–Kier alpha value is -0.740. The lowest BCUT2D eigenvalue weighted by molar-refractivity contribution is -0.254. The summed E-state index contributed by atoms with van der Waals surface area (Å²) in [5.41, 5.74) is -1.27. The van der Waals surface area contributed by atoms with Crippen LogP contribution in [0.15, 0.2) is 0 Å². The van der Waals surface area contributed by atoms with Crippen LogP contribution < -0.4 is 5.32 Å². The van der Waals surface area contributed by atoms with Crippen molar-refractivity contribution in [1.29, 1.82) is 0 Å². The van der Waals surface area contributed by atoms with Crippen molar-refractivity contribution in [1.82, 2.24) is 5.32 Å². The molecule has 0 aromatic heterocycles. The summed E-state index contributed by atoms with van der Waals surface area (Å²) in [7, 11) is -4.10. The van der Waals surface area contributed by atoms with E-state index in [9.17, 15) is 28.5 Å². The maximum Gasteiger partial charge on any atom is 0.266 e. The Morgan fingerprint density at radius 1 is 1.06 bits per heavy atom. The van der Waals surface area contributed by atoms with E-state index in [0.29, 0.717) is 18.8 Å². The van der Waals surface area contributed by atoms with E-state index in [1.807, 2.05) is 0 Å². The molecule has 10 atom stereocenters. The molecule has 0 bridgehead atoms. The third-order valence-corrected chi connectivity index (χ3v) is 11.8. The molecule has 0 heterocycles. The topological polar surface area (TPSA) is 144 Å². The quantitative estimate of drug-likeness (QED) is 0.328. The molecular weight excluding hydrogens is 470 g/mol. The fourth-order valence-electron chi connectivity index (χ4n) is 9.18. The molecule has 4 fully saturated rings. The first kappa shape index (κ1) is 27.3. The lowest BCUT2D eigenvalue weighted by Crippen LogP contribution is -2.67. The van der Waals surface area contributed by atoms with Crippen LogP contribution in [0.1, 0.15) is 85.0 Å². The van der Waals surface area contributed by atoms with E-state index >= 15 is 0 Å². The Labute approximate surface area is 210 Å². The summed E-state index contributed by atoms with van der Waals surface area (Å²) in [4.78, 5) is 12.2. The maximum atomic E-state index is 12.3. The lowest BCUT2D eigenvalue weighted by Gasteiger charge is -2.65. The van der Waals surface area contributed by atoms with Crippen LogP contribution in [0.25, 0.3) is 0 Å². The van der Waals surface area contributed by atoms with Crippen LogP contribution >= 0.6 is 0 Å². The van der Waals surface area contributed by atoms with Gasteiger partial charge in [-0.05, 0) is 92.8 Å². The van der Waals surface area contributed by atoms with Crippen molar-refractivity contribution in [2.45, 2.75) is 103 Å². The summed E-state index contributed by atoms with van der Waals surface area (Å²) in [5.74, 6) is 0.0702. The number of carbonyl (C=O) groups excluding carboxylic acids is 1. The Balaban J connectivity index is 1.44. The average molecular weight is 516 g/mol. The highest BCUT2D eigenvalue weighted by Crippen LogP contribution is 2.69. The number of aliphatic hydroxyl groups excluding tert-OH is 2. The zero-order valence-electron chi connectivity index (χ0n) is 21.4. The second-order valence-corrected chi connectivity index (χ2v) is 14.3. The Kier molecular flexibility index (Phi) is 7.43.